The molecule has 1 saturated heterocycles. The predicted octanol–water partition coefficient (Wildman–Crippen LogP) is 3.14. The zero-order chi connectivity index (χ0) is 15.7. The van der Waals surface area contributed by atoms with Crippen LogP contribution in [0.1, 0.15) is 38.3 Å². The quantitative estimate of drug-likeness (QED) is 0.912. The number of carbonyl (C=O) groups is 1. The molecule has 5 heteroatoms. The molecule has 0 bridgehead atoms. The molecule has 5 nitrogen and oxygen atoms in total. The van der Waals surface area contributed by atoms with E-state index in [2.05, 4.69) is 17.4 Å². The number of carbonyl (C=O) groups excluding carboxylic acids is 1. The monoisotopic (exact) mass is 304 g/mol. The summed E-state index contributed by atoms with van der Waals surface area (Å²) in [6, 6.07) is 6.56. The third kappa shape index (κ3) is 3.35. The Morgan fingerprint density at radius 2 is 2.18 bits per heavy atom. The van der Waals surface area contributed by atoms with Crippen molar-refractivity contribution in [2.24, 2.45) is 0 Å². The molecule has 0 radical (unpaired) electrons. The van der Waals surface area contributed by atoms with Gasteiger partial charge in [-0.3, -0.25) is 4.90 Å². The van der Waals surface area contributed by atoms with Crippen LogP contribution < -0.4 is 5.32 Å². The van der Waals surface area contributed by atoms with Crippen molar-refractivity contribution in [1.82, 2.24) is 4.90 Å². The molecule has 1 aromatic carbocycles. The van der Waals surface area contributed by atoms with Crippen molar-refractivity contribution >= 4 is 11.8 Å². The third-order valence-electron chi connectivity index (χ3n) is 3.92. The van der Waals surface area contributed by atoms with Gasteiger partial charge in [0.05, 0.1) is 19.2 Å². The van der Waals surface area contributed by atoms with Crippen molar-refractivity contribution in [2.75, 3.05) is 18.5 Å². The van der Waals surface area contributed by atoms with Gasteiger partial charge in [-0.05, 0) is 44.4 Å². The molecule has 2 aliphatic heterocycles. The van der Waals surface area contributed by atoms with Crippen molar-refractivity contribution < 1.29 is 14.3 Å². The summed E-state index contributed by atoms with van der Waals surface area (Å²) in [6.45, 7) is 8.45. The Bertz CT molecular complexity index is 560. The molecule has 0 spiro atoms. The summed E-state index contributed by atoms with van der Waals surface area (Å²) in [5.41, 5.74) is 3.03. The van der Waals surface area contributed by atoms with Crippen molar-refractivity contribution in [1.29, 1.82) is 0 Å². The summed E-state index contributed by atoms with van der Waals surface area (Å²) >= 11 is 0. The number of amides is 1. The maximum atomic E-state index is 12.2. The number of benzene rings is 1. The lowest BCUT2D eigenvalue weighted by Gasteiger charge is -2.24. The standard InChI is InChI=1S/C17H24N2O3/c1-17(2,3)22-16(20)19-9-12-5-4-6-15(14(12)10-19)18-13-7-8-21-11-13/h4-6,13,18H,7-11H2,1-3H3/t13-/m0/s1. The van der Waals surface area contributed by atoms with Crippen molar-refractivity contribution in [3.05, 3.63) is 29.3 Å². The lowest BCUT2D eigenvalue weighted by Crippen LogP contribution is -2.33. The van der Waals surface area contributed by atoms with Crippen LogP contribution in [0.15, 0.2) is 18.2 Å². The molecule has 3 rings (SSSR count). The highest BCUT2D eigenvalue weighted by atomic mass is 16.6. The molecule has 1 N–H and O–H groups in total. The highest BCUT2D eigenvalue weighted by molar-refractivity contribution is 5.71. The number of fused-ring (bicyclic) bond motifs is 1. The van der Waals surface area contributed by atoms with Crippen LogP contribution in [0.2, 0.25) is 0 Å². The molecule has 2 heterocycles. The Morgan fingerprint density at radius 3 is 2.86 bits per heavy atom. The van der Waals surface area contributed by atoms with Gasteiger partial charge in [0.25, 0.3) is 0 Å². The van der Waals surface area contributed by atoms with Gasteiger partial charge in [0.2, 0.25) is 0 Å². The number of hydrogen-bond donors (Lipinski definition) is 1. The number of rotatable bonds is 2. The predicted molar refractivity (Wildman–Crippen MR) is 84.8 cm³/mol. The molecule has 1 fully saturated rings. The fourth-order valence-corrected chi connectivity index (χ4v) is 2.88. The van der Waals surface area contributed by atoms with E-state index in [9.17, 15) is 4.79 Å². The van der Waals surface area contributed by atoms with E-state index in [1.807, 2.05) is 26.8 Å². The van der Waals surface area contributed by atoms with Gasteiger partial charge in [0.1, 0.15) is 5.60 Å². The summed E-state index contributed by atoms with van der Waals surface area (Å²) in [4.78, 5) is 14.0. The second kappa shape index (κ2) is 5.80. The number of nitrogens with zero attached hydrogens (tertiary/aromatic N) is 1. The zero-order valence-corrected chi connectivity index (χ0v) is 13.5. The summed E-state index contributed by atoms with van der Waals surface area (Å²) in [5.74, 6) is 0. The largest absolute Gasteiger partial charge is 0.444 e. The smallest absolute Gasteiger partial charge is 0.410 e. The van der Waals surface area contributed by atoms with Gasteiger partial charge in [-0.15, -0.1) is 0 Å². The first kappa shape index (κ1) is 15.2. The summed E-state index contributed by atoms with van der Waals surface area (Å²) in [7, 11) is 0. The average Bonchev–Trinajstić information content (AvgIpc) is 3.05. The van der Waals surface area contributed by atoms with E-state index < -0.39 is 5.60 Å². The van der Waals surface area contributed by atoms with Gasteiger partial charge in [0, 0.05) is 18.8 Å². The Morgan fingerprint density at radius 1 is 1.36 bits per heavy atom. The van der Waals surface area contributed by atoms with Crippen LogP contribution in [0, 0.1) is 0 Å². The SMILES string of the molecule is CC(C)(C)OC(=O)N1Cc2cccc(N[C@H]3CCOC3)c2C1. The summed E-state index contributed by atoms with van der Waals surface area (Å²) in [6.07, 6.45) is 0.776. The van der Waals surface area contributed by atoms with E-state index in [1.165, 1.54) is 11.1 Å². The van der Waals surface area contributed by atoms with Crippen LogP contribution in [-0.2, 0) is 22.6 Å². The van der Waals surface area contributed by atoms with Gasteiger partial charge in [-0.2, -0.15) is 0 Å². The van der Waals surface area contributed by atoms with Crippen LogP contribution in [-0.4, -0.2) is 35.8 Å². The van der Waals surface area contributed by atoms with E-state index in [0.29, 0.717) is 19.1 Å². The second-order valence-corrected chi connectivity index (χ2v) is 6.98. The van der Waals surface area contributed by atoms with Gasteiger partial charge in [-0.1, -0.05) is 12.1 Å². The minimum Gasteiger partial charge on any atom is -0.444 e. The zero-order valence-electron chi connectivity index (χ0n) is 13.5. The molecule has 2 aliphatic rings. The minimum atomic E-state index is -0.464. The molecule has 120 valence electrons. The first-order valence-corrected chi connectivity index (χ1v) is 7.85. The molecule has 0 aromatic heterocycles. The van der Waals surface area contributed by atoms with Crippen LogP contribution in [0.3, 0.4) is 0 Å². The molecule has 0 unspecified atom stereocenters. The summed E-state index contributed by atoms with van der Waals surface area (Å²) in [5, 5.41) is 3.55. The second-order valence-electron chi connectivity index (χ2n) is 6.98. The molecule has 0 aliphatic carbocycles. The molecule has 1 amide bonds. The lowest BCUT2D eigenvalue weighted by atomic mass is 10.1. The minimum absolute atomic E-state index is 0.251. The van der Waals surface area contributed by atoms with Crippen molar-refractivity contribution in [3.8, 4) is 0 Å². The van der Waals surface area contributed by atoms with Crippen LogP contribution in [0.4, 0.5) is 10.5 Å². The molecular formula is C17H24N2O3. The number of nitrogens with one attached hydrogen (secondary N) is 1. The van der Waals surface area contributed by atoms with Gasteiger partial charge in [-0.25, -0.2) is 4.79 Å². The number of anilines is 1. The van der Waals surface area contributed by atoms with E-state index >= 15 is 0 Å². The Balaban J connectivity index is 1.71. The topological polar surface area (TPSA) is 50.8 Å². The lowest BCUT2D eigenvalue weighted by molar-refractivity contribution is 0.0242. The fraction of sp³-hybridized carbons (Fsp3) is 0.588. The Hall–Kier alpha value is -1.75. The maximum Gasteiger partial charge on any atom is 0.410 e. The van der Waals surface area contributed by atoms with Gasteiger partial charge in [0.15, 0.2) is 0 Å². The Labute approximate surface area is 131 Å². The Kier molecular flexibility index (Phi) is 4.00. The maximum absolute atomic E-state index is 12.2. The summed E-state index contributed by atoms with van der Waals surface area (Å²) < 4.78 is 10.9. The number of hydrogen-bond acceptors (Lipinski definition) is 4. The molecule has 1 atom stereocenters. The van der Waals surface area contributed by atoms with E-state index in [0.717, 1.165) is 25.3 Å². The normalized spacial score (nSPS) is 20.9. The van der Waals surface area contributed by atoms with Crippen LogP contribution in [0.5, 0.6) is 0 Å². The first-order chi connectivity index (χ1) is 10.4. The molecule has 22 heavy (non-hydrogen) atoms. The van der Waals surface area contributed by atoms with E-state index in [4.69, 9.17) is 9.47 Å². The molecule has 1 aromatic rings. The highest BCUT2D eigenvalue weighted by Gasteiger charge is 2.29. The third-order valence-corrected chi connectivity index (χ3v) is 3.92. The van der Waals surface area contributed by atoms with E-state index in [-0.39, 0.29) is 6.09 Å². The van der Waals surface area contributed by atoms with Crippen molar-refractivity contribution in [2.45, 2.75) is 51.9 Å². The van der Waals surface area contributed by atoms with Crippen molar-refractivity contribution in [3.63, 3.8) is 0 Å². The molecule has 0 saturated carbocycles. The van der Waals surface area contributed by atoms with Gasteiger partial charge >= 0.3 is 6.09 Å². The number of ether oxygens (including phenoxy) is 2. The molecular weight excluding hydrogens is 280 g/mol. The van der Waals surface area contributed by atoms with Crippen LogP contribution >= 0.6 is 0 Å². The van der Waals surface area contributed by atoms with E-state index in [1.54, 1.807) is 4.90 Å². The fourth-order valence-electron chi connectivity index (χ4n) is 2.88. The van der Waals surface area contributed by atoms with Crippen LogP contribution in [0.25, 0.3) is 0 Å². The average molecular weight is 304 g/mol. The van der Waals surface area contributed by atoms with Gasteiger partial charge < -0.3 is 14.8 Å². The highest BCUT2D eigenvalue weighted by Crippen LogP contribution is 2.31. The first-order valence-electron chi connectivity index (χ1n) is 7.85.